The third-order valence-corrected chi connectivity index (χ3v) is 3.17. The molecule has 0 radical (unpaired) electrons. The van der Waals surface area contributed by atoms with Crippen LogP contribution in [0, 0.1) is 0 Å². The average molecular weight is 320 g/mol. The number of hydrogen-bond donors (Lipinski definition) is 0. The summed E-state index contributed by atoms with van der Waals surface area (Å²) in [5.41, 5.74) is 1.20. The van der Waals surface area contributed by atoms with Crippen molar-refractivity contribution in [1.29, 1.82) is 0 Å². The maximum atomic E-state index is 12.0. The number of halogens is 4. The van der Waals surface area contributed by atoms with E-state index in [-0.39, 0.29) is 11.8 Å². The molecule has 0 bridgehead atoms. The zero-order chi connectivity index (χ0) is 15.5. The van der Waals surface area contributed by atoms with Crippen molar-refractivity contribution in [2.45, 2.75) is 19.2 Å². The monoisotopic (exact) mass is 319 g/mol. The Morgan fingerprint density at radius 2 is 2.00 bits per heavy atom. The van der Waals surface area contributed by atoms with E-state index in [0.717, 1.165) is 5.39 Å². The number of nitrogens with zero attached hydrogens (tertiary/aromatic N) is 1. The van der Waals surface area contributed by atoms with E-state index in [9.17, 15) is 13.2 Å². The highest BCUT2D eigenvalue weighted by atomic mass is 35.5. The van der Waals surface area contributed by atoms with E-state index >= 15 is 0 Å². The van der Waals surface area contributed by atoms with Crippen LogP contribution in [0.5, 0.6) is 5.75 Å². The lowest BCUT2D eigenvalue weighted by Gasteiger charge is -2.09. The standard InChI is InChI=1S/C14H13ClF3NO2/c1-20-11-3-2-9-6-10(13(15)19-12(9)7-11)8-21-5-4-14(16,17)18/h2-3,6-7H,4-5,8H2,1H3. The molecular formula is C14H13ClF3NO2. The predicted octanol–water partition coefficient (Wildman–Crippen LogP) is 4.37. The van der Waals surface area contributed by atoms with Crippen molar-refractivity contribution in [2.24, 2.45) is 0 Å². The second-order valence-electron chi connectivity index (χ2n) is 4.41. The fraction of sp³-hybridized carbons (Fsp3) is 0.357. The average Bonchev–Trinajstić information content (AvgIpc) is 2.42. The molecule has 3 nitrogen and oxygen atoms in total. The second-order valence-corrected chi connectivity index (χ2v) is 4.77. The van der Waals surface area contributed by atoms with Crippen molar-refractivity contribution < 1.29 is 22.6 Å². The molecule has 7 heteroatoms. The van der Waals surface area contributed by atoms with Crippen LogP contribution in [0.25, 0.3) is 10.9 Å². The molecule has 0 spiro atoms. The van der Waals surface area contributed by atoms with Crippen LogP contribution in [0.3, 0.4) is 0 Å². The molecule has 0 N–H and O–H groups in total. The molecule has 0 aliphatic rings. The van der Waals surface area contributed by atoms with Gasteiger partial charge in [0.25, 0.3) is 0 Å². The van der Waals surface area contributed by atoms with E-state index in [1.807, 2.05) is 0 Å². The second kappa shape index (κ2) is 6.49. The first-order chi connectivity index (χ1) is 9.89. The molecule has 0 saturated carbocycles. The summed E-state index contributed by atoms with van der Waals surface area (Å²) >= 11 is 6.01. The number of aromatic nitrogens is 1. The van der Waals surface area contributed by atoms with Crippen molar-refractivity contribution in [3.05, 3.63) is 35.0 Å². The number of benzene rings is 1. The highest BCUT2D eigenvalue weighted by Crippen LogP contribution is 2.25. The van der Waals surface area contributed by atoms with Gasteiger partial charge in [-0.2, -0.15) is 13.2 Å². The number of hydrogen-bond acceptors (Lipinski definition) is 3. The Labute approximate surface area is 124 Å². The van der Waals surface area contributed by atoms with Gasteiger partial charge in [0.15, 0.2) is 0 Å². The zero-order valence-corrected chi connectivity index (χ0v) is 12.0. The number of pyridine rings is 1. The Bertz CT molecular complexity index is 631. The van der Waals surface area contributed by atoms with Crippen molar-refractivity contribution in [3.8, 4) is 5.75 Å². The van der Waals surface area contributed by atoms with Crippen LogP contribution in [0.15, 0.2) is 24.3 Å². The van der Waals surface area contributed by atoms with E-state index in [1.165, 1.54) is 0 Å². The third kappa shape index (κ3) is 4.47. The summed E-state index contributed by atoms with van der Waals surface area (Å²) in [5, 5.41) is 1.03. The molecule has 114 valence electrons. The van der Waals surface area contributed by atoms with Gasteiger partial charge in [0.05, 0.1) is 32.3 Å². The Kier molecular flexibility index (Phi) is 4.90. The molecule has 2 rings (SSSR count). The van der Waals surface area contributed by atoms with Crippen LogP contribution < -0.4 is 4.74 Å². The highest BCUT2D eigenvalue weighted by Gasteiger charge is 2.26. The maximum Gasteiger partial charge on any atom is 0.391 e. The van der Waals surface area contributed by atoms with Crippen LogP contribution in [0.4, 0.5) is 13.2 Å². The van der Waals surface area contributed by atoms with Crippen LogP contribution in [-0.4, -0.2) is 24.9 Å². The van der Waals surface area contributed by atoms with E-state index in [1.54, 1.807) is 31.4 Å². The van der Waals surface area contributed by atoms with Crippen LogP contribution in [0.2, 0.25) is 5.15 Å². The Morgan fingerprint density at radius 3 is 2.67 bits per heavy atom. The summed E-state index contributed by atoms with van der Waals surface area (Å²) in [5.74, 6) is 0.653. The molecular weight excluding hydrogens is 307 g/mol. The van der Waals surface area contributed by atoms with E-state index in [0.29, 0.717) is 16.8 Å². The molecule has 0 amide bonds. The smallest absolute Gasteiger partial charge is 0.391 e. The lowest BCUT2D eigenvalue weighted by atomic mass is 10.1. The van der Waals surface area contributed by atoms with Gasteiger partial charge >= 0.3 is 6.18 Å². The minimum atomic E-state index is -4.22. The lowest BCUT2D eigenvalue weighted by Crippen LogP contribution is -2.11. The van der Waals surface area contributed by atoms with Gasteiger partial charge in [0, 0.05) is 17.0 Å². The molecule has 0 atom stereocenters. The van der Waals surface area contributed by atoms with Crippen molar-refractivity contribution >= 4 is 22.5 Å². The van der Waals surface area contributed by atoms with Crippen molar-refractivity contribution in [2.75, 3.05) is 13.7 Å². The molecule has 1 aromatic carbocycles. The normalized spacial score (nSPS) is 11.9. The summed E-state index contributed by atoms with van der Waals surface area (Å²) < 4.78 is 46.1. The first-order valence-corrected chi connectivity index (χ1v) is 6.54. The largest absolute Gasteiger partial charge is 0.497 e. The van der Waals surface area contributed by atoms with Gasteiger partial charge < -0.3 is 9.47 Å². The Hall–Kier alpha value is -1.53. The predicted molar refractivity (Wildman–Crippen MR) is 73.6 cm³/mol. The molecule has 0 aliphatic carbocycles. The fourth-order valence-corrected chi connectivity index (χ4v) is 1.97. The van der Waals surface area contributed by atoms with Gasteiger partial charge in [-0.1, -0.05) is 11.6 Å². The number of ether oxygens (including phenoxy) is 2. The quantitative estimate of drug-likeness (QED) is 0.606. The summed E-state index contributed by atoms with van der Waals surface area (Å²) in [6.45, 7) is -0.412. The van der Waals surface area contributed by atoms with Crippen molar-refractivity contribution in [3.63, 3.8) is 0 Å². The fourth-order valence-electron chi connectivity index (χ4n) is 1.77. The van der Waals surface area contributed by atoms with E-state index in [2.05, 4.69) is 4.98 Å². The first-order valence-electron chi connectivity index (χ1n) is 6.17. The summed E-state index contributed by atoms with van der Waals surface area (Å²) in [7, 11) is 1.55. The van der Waals surface area contributed by atoms with Gasteiger partial charge in [-0.15, -0.1) is 0 Å². The molecule has 0 saturated heterocycles. The SMILES string of the molecule is COc1ccc2cc(COCCC(F)(F)F)c(Cl)nc2c1. The minimum absolute atomic E-state index is 0.0100. The van der Waals surface area contributed by atoms with Gasteiger partial charge in [0.2, 0.25) is 0 Å². The Morgan fingerprint density at radius 1 is 1.24 bits per heavy atom. The van der Waals surface area contributed by atoms with Gasteiger partial charge in [-0.05, 0) is 18.2 Å². The minimum Gasteiger partial charge on any atom is -0.497 e. The number of alkyl halides is 3. The van der Waals surface area contributed by atoms with Gasteiger partial charge in [0.1, 0.15) is 10.9 Å². The summed E-state index contributed by atoms with van der Waals surface area (Å²) in [6, 6.07) is 7.05. The number of methoxy groups -OCH3 is 1. The molecule has 0 unspecified atom stereocenters. The van der Waals surface area contributed by atoms with E-state index < -0.39 is 19.2 Å². The van der Waals surface area contributed by atoms with Crippen LogP contribution in [-0.2, 0) is 11.3 Å². The molecule has 0 fully saturated rings. The molecule has 1 heterocycles. The molecule has 2 aromatic rings. The van der Waals surface area contributed by atoms with E-state index in [4.69, 9.17) is 21.1 Å². The summed E-state index contributed by atoms with van der Waals surface area (Å²) in [4.78, 5) is 4.19. The van der Waals surface area contributed by atoms with Gasteiger partial charge in [-0.25, -0.2) is 4.98 Å². The number of fused-ring (bicyclic) bond motifs is 1. The molecule has 1 aromatic heterocycles. The molecule has 0 aliphatic heterocycles. The van der Waals surface area contributed by atoms with Gasteiger partial charge in [-0.3, -0.25) is 0 Å². The Balaban J connectivity index is 2.08. The van der Waals surface area contributed by atoms with Crippen LogP contribution >= 0.6 is 11.6 Å². The van der Waals surface area contributed by atoms with Crippen LogP contribution in [0.1, 0.15) is 12.0 Å². The topological polar surface area (TPSA) is 31.4 Å². The lowest BCUT2D eigenvalue weighted by molar-refractivity contribution is -0.146. The summed E-state index contributed by atoms with van der Waals surface area (Å²) in [6.07, 6.45) is -5.20. The zero-order valence-electron chi connectivity index (χ0n) is 11.2. The number of rotatable bonds is 5. The highest BCUT2D eigenvalue weighted by molar-refractivity contribution is 6.30. The molecule has 21 heavy (non-hydrogen) atoms. The van der Waals surface area contributed by atoms with Crippen molar-refractivity contribution in [1.82, 2.24) is 4.98 Å². The first kappa shape index (κ1) is 15.9. The maximum absolute atomic E-state index is 12.0. The third-order valence-electron chi connectivity index (χ3n) is 2.84.